The molecule has 0 aliphatic rings. The number of carbonyl (C=O) groups excluding carboxylic acids is 1. The molecule has 2 aromatic rings. The first-order valence-electron chi connectivity index (χ1n) is 5.60. The number of aldehydes is 1. The SMILES string of the molecule is COC(OC)c1ccc(-c2ccc(C=O)o2)cc1F. The topological polar surface area (TPSA) is 48.7 Å². The molecule has 0 amide bonds. The number of halogens is 1. The number of rotatable bonds is 5. The summed E-state index contributed by atoms with van der Waals surface area (Å²) in [6, 6.07) is 7.69. The Morgan fingerprint density at radius 1 is 1.21 bits per heavy atom. The van der Waals surface area contributed by atoms with Crippen LogP contribution in [0.3, 0.4) is 0 Å². The fourth-order valence-corrected chi connectivity index (χ4v) is 1.79. The van der Waals surface area contributed by atoms with Gasteiger partial charge in [0, 0.05) is 25.3 Å². The molecule has 0 atom stereocenters. The molecular weight excluding hydrogens is 251 g/mol. The van der Waals surface area contributed by atoms with E-state index in [0.29, 0.717) is 23.2 Å². The lowest BCUT2D eigenvalue weighted by atomic mass is 10.1. The van der Waals surface area contributed by atoms with E-state index in [-0.39, 0.29) is 5.76 Å². The van der Waals surface area contributed by atoms with Crippen molar-refractivity contribution in [2.75, 3.05) is 14.2 Å². The molecule has 0 unspecified atom stereocenters. The number of ether oxygens (including phenoxy) is 2. The van der Waals surface area contributed by atoms with Gasteiger partial charge in [-0.3, -0.25) is 4.79 Å². The van der Waals surface area contributed by atoms with Gasteiger partial charge in [-0.15, -0.1) is 0 Å². The van der Waals surface area contributed by atoms with Crippen molar-refractivity contribution in [1.82, 2.24) is 0 Å². The molecule has 2 rings (SSSR count). The summed E-state index contributed by atoms with van der Waals surface area (Å²) in [7, 11) is 2.87. The van der Waals surface area contributed by atoms with Crippen molar-refractivity contribution >= 4 is 6.29 Å². The average Bonchev–Trinajstić information content (AvgIpc) is 2.90. The molecule has 4 nitrogen and oxygen atoms in total. The summed E-state index contributed by atoms with van der Waals surface area (Å²) in [6.45, 7) is 0. The summed E-state index contributed by atoms with van der Waals surface area (Å²) in [5, 5.41) is 0. The second-order valence-electron chi connectivity index (χ2n) is 3.86. The fourth-order valence-electron chi connectivity index (χ4n) is 1.79. The maximum Gasteiger partial charge on any atom is 0.185 e. The number of benzene rings is 1. The summed E-state index contributed by atoms with van der Waals surface area (Å²) >= 11 is 0. The quantitative estimate of drug-likeness (QED) is 0.614. The highest BCUT2D eigenvalue weighted by Crippen LogP contribution is 2.27. The summed E-state index contributed by atoms with van der Waals surface area (Å²) in [5.41, 5.74) is 0.844. The lowest BCUT2D eigenvalue weighted by Gasteiger charge is -2.14. The van der Waals surface area contributed by atoms with Gasteiger partial charge in [0.2, 0.25) is 0 Å². The van der Waals surface area contributed by atoms with Crippen LogP contribution in [-0.2, 0) is 9.47 Å². The molecule has 1 heterocycles. The zero-order chi connectivity index (χ0) is 13.8. The summed E-state index contributed by atoms with van der Waals surface area (Å²) in [5.74, 6) is 0.167. The monoisotopic (exact) mass is 264 g/mol. The van der Waals surface area contributed by atoms with E-state index >= 15 is 0 Å². The molecule has 0 bridgehead atoms. The molecule has 0 saturated heterocycles. The third-order valence-corrected chi connectivity index (χ3v) is 2.71. The van der Waals surface area contributed by atoms with Gasteiger partial charge < -0.3 is 13.9 Å². The van der Waals surface area contributed by atoms with Crippen LogP contribution in [0.1, 0.15) is 22.4 Å². The van der Waals surface area contributed by atoms with E-state index in [1.54, 1.807) is 18.2 Å². The van der Waals surface area contributed by atoms with Gasteiger partial charge in [0.1, 0.15) is 11.6 Å². The molecule has 0 aliphatic carbocycles. The number of carbonyl (C=O) groups is 1. The summed E-state index contributed by atoms with van der Waals surface area (Å²) in [6.07, 6.45) is -0.156. The van der Waals surface area contributed by atoms with Crippen LogP contribution in [0.15, 0.2) is 34.7 Å². The molecule has 1 aromatic heterocycles. The minimum absolute atomic E-state index is 0.200. The molecule has 1 aromatic carbocycles. The van der Waals surface area contributed by atoms with Crippen LogP contribution in [0.5, 0.6) is 0 Å². The van der Waals surface area contributed by atoms with E-state index in [9.17, 15) is 9.18 Å². The second-order valence-corrected chi connectivity index (χ2v) is 3.86. The Kier molecular flexibility index (Phi) is 4.09. The molecule has 0 radical (unpaired) electrons. The maximum atomic E-state index is 14.0. The second kappa shape index (κ2) is 5.77. The smallest absolute Gasteiger partial charge is 0.185 e. The average molecular weight is 264 g/mol. The first kappa shape index (κ1) is 13.5. The van der Waals surface area contributed by atoms with Gasteiger partial charge in [0.25, 0.3) is 0 Å². The zero-order valence-electron chi connectivity index (χ0n) is 10.6. The van der Waals surface area contributed by atoms with Crippen molar-refractivity contribution in [3.8, 4) is 11.3 Å². The Hall–Kier alpha value is -1.98. The van der Waals surface area contributed by atoms with Gasteiger partial charge in [0.15, 0.2) is 18.3 Å². The van der Waals surface area contributed by atoms with Crippen molar-refractivity contribution in [3.05, 3.63) is 47.5 Å². The van der Waals surface area contributed by atoms with Crippen LogP contribution in [0, 0.1) is 5.82 Å². The lowest BCUT2D eigenvalue weighted by molar-refractivity contribution is -0.107. The Bertz CT molecular complexity index is 573. The predicted molar refractivity (Wildman–Crippen MR) is 66.2 cm³/mol. The molecule has 0 fully saturated rings. The van der Waals surface area contributed by atoms with Gasteiger partial charge in [0.05, 0.1) is 0 Å². The van der Waals surface area contributed by atoms with E-state index < -0.39 is 12.1 Å². The first-order valence-corrected chi connectivity index (χ1v) is 5.60. The van der Waals surface area contributed by atoms with Crippen LogP contribution in [-0.4, -0.2) is 20.5 Å². The van der Waals surface area contributed by atoms with Crippen LogP contribution in [0.25, 0.3) is 11.3 Å². The lowest BCUT2D eigenvalue weighted by Crippen LogP contribution is -2.06. The van der Waals surface area contributed by atoms with Gasteiger partial charge in [-0.2, -0.15) is 0 Å². The first-order chi connectivity index (χ1) is 9.19. The highest BCUT2D eigenvalue weighted by Gasteiger charge is 2.16. The van der Waals surface area contributed by atoms with Crippen molar-refractivity contribution in [2.24, 2.45) is 0 Å². The van der Waals surface area contributed by atoms with Gasteiger partial charge >= 0.3 is 0 Å². The standard InChI is InChI=1S/C14H13FO4/c1-17-14(18-2)11-5-3-9(7-12(11)15)13-6-4-10(8-16)19-13/h3-8,14H,1-2H3. The largest absolute Gasteiger partial charge is 0.453 e. The molecule has 0 N–H and O–H groups in total. The van der Waals surface area contributed by atoms with Crippen molar-refractivity contribution < 1.29 is 23.1 Å². The molecule has 5 heteroatoms. The number of hydrogen-bond acceptors (Lipinski definition) is 4. The van der Waals surface area contributed by atoms with Crippen LogP contribution in [0.2, 0.25) is 0 Å². The Labute approximate surface area is 109 Å². The van der Waals surface area contributed by atoms with Crippen LogP contribution >= 0.6 is 0 Å². The van der Waals surface area contributed by atoms with E-state index in [4.69, 9.17) is 13.9 Å². The zero-order valence-corrected chi connectivity index (χ0v) is 10.6. The minimum Gasteiger partial charge on any atom is -0.453 e. The van der Waals surface area contributed by atoms with Crippen molar-refractivity contribution in [2.45, 2.75) is 6.29 Å². The highest BCUT2D eigenvalue weighted by molar-refractivity contribution is 5.72. The number of hydrogen-bond donors (Lipinski definition) is 0. The molecule has 0 aliphatic heterocycles. The summed E-state index contributed by atoms with van der Waals surface area (Å²) < 4.78 is 29.2. The number of furan rings is 1. The summed E-state index contributed by atoms with van der Waals surface area (Å²) in [4.78, 5) is 10.5. The molecule has 0 saturated carbocycles. The van der Waals surface area contributed by atoms with Gasteiger partial charge in [-0.05, 0) is 18.2 Å². The van der Waals surface area contributed by atoms with E-state index in [2.05, 4.69) is 0 Å². The minimum atomic E-state index is -0.754. The Balaban J connectivity index is 2.35. The molecular formula is C14H13FO4. The predicted octanol–water partition coefficient (Wildman–Crippen LogP) is 3.19. The Morgan fingerprint density at radius 2 is 1.95 bits per heavy atom. The van der Waals surface area contributed by atoms with Crippen molar-refractivity contribution in [3.63, 3.8) is 0 Å². The van der Waals surface area contributed by atoms with Gasteiger partial charge in [-0.1, -0.05) is 12.1 Å². The molecule has 100 valence electrons. The third-order valence-electron chi connectivity index (χ3n) is 2.71. The van der Waals surface area contributed by atoms with E-state index in [1.165, 1.54) is 26.4 Å². The molecule has 19 heavy (non-hydrogen) atoms. The molecule has 0 spiro atoms. The number of methoxy groups -OCH3 is 2. The van der Waals surface area contributed by atoms with Crippen molar-refractivity contribution in [1.29, 1.82) is 0 Å². The highest BCUT2D eigenvalue weighted by atomic mass is 19.1. The Morgan fingerprint density at radius 3 is 2.47 bits per heavy atom. The fraction of sp³-hybridized carbons (Fsp3) is 0.214. The van der Waals surface area contributed by atoms with Gasteiger partial charge in [-0.25, -0.2) is 4.39 Å². The van der Waals surface area contributed by atoms with Crippen LogP contribution < -0.4 is 0 Å². The van der Waals surface area contributed by atoms with Crippen LogP contribution in [0.4, 0.5) is 4.39 Å². The normalized spacial score (nSPS) is 10.9. The third kappa shape index (κ3) is 2.72. The maximum absolute atomic E-state index is 14.0. The van der Waals surface area contributed by atoms with E-state index in [1.807, 2.05) is 0 Å². The van der Waals surface area contributed by atoms with E-state index in [0.717, 1.165) is 0 Å².